The van der Waals surface area contributed by atoms with Crippen molar-refractivity contribution in [3.63, 3.8) is 0 Å². The first kappa shape index (κ1) is 11.1. The molecule has 2 aromatic rings. The number of aryl methyl sites for hydroxylation is 1. The number of fused-ring (bicyclic) bond motifs is 1. The molecule has 0 aliphatic heterocycles. The van der Waals surface area contributed by atoms with Gasteiger partial charge in [0.1, 0.15) is 0 Å². The maximum Gasteiger partial charge on any atom is 0.199 e. The van der Waals surface area contributed by atoms with E-state index in [1.165, 1.54) is 0 Å². The summed E-state index contributed by atoms with van der Waals surface area (Å²) in [4.78, 5) is 8.74. The number of oxazole rings is 1. The van der Waals surface area contributed by atoms with Crippen molar-refractivity contribution in [1.82, 2.24) is 9.97 Å². The number of pyridine rings is 1. The molecule has 0 spiro atoms. The quantitative estimate of drug-likeness (QED) is 0.857. The molecule has 0 aromatic carbocycles. The van der Waals surface area contributed by atoms with Gasteiger partial charge in [-0.15, -0.1) is 0 Å². The van der Waals surface area contributed by atoms with Crippen molar-refractivity contribution in [3.8, 4) is 0 Å². The Morgan fingerprint density at radius 1 is 1.38 bits per heavy atom. The molecular weight excluding hydrogens is 202 g/mol. The van der Waals surface area contributed by atoms with Crippen LogP contribution in [0.2, 0.25) is 0 Å². The summed E-state index contributed by atoms with van der Waals surface area (Å²) in [5.41, 5.74) is 7.91. The molecule has 0 aliphatic rings. The fraction of sp³-hybridized carbons (Fsp3) is 0.500. The van der Waals surface area contributed by atoms with E-state index in [4.69, 9.17) is 10.2 Å². The van der Waals surface area contributed by atoms with Gasteiger partial charge in [-0.1, -0.05) is 6.92 Å². The number of aromatic nitrogens is 2. The van der Waals surface area contributed by atoms with Gasteiger partial charge in [0.15, 0.2) is 17.1 Å². The Morgan fingerprint density at radius 3 is 2.94 bits per heavy atom. The van der Waals surface area contributed by atoms with Crippen LogP contribution in [0.15, 0.2) is 16.5 Å². The molecule has 0 saturated carbocycles. The Morgan fingerprint density at radius 2 is 2.19 bits per heavy atom. The van der Waals surface area contributed by atoms with Crippen LogP contribution in [0, 0.1) is 6.92 Å². The molecule has 1 atom stereocenters. The molecule has 16 heavy (non-hydrogen) atoms. The van der Waals surface area contributed by atoms with Gasteiger partial charge in [0.25, 0.3) is 0 Å². The smallest absolute Gasteiger partial charge is 0.199 e. The second-order valence-electron chi connectivity index (χ2n) is 4.16. The Balaban J connectivity index is 2.25. The van der Waals surface area contributed by atoms with Gasteiger partial charge in [-0.3, -0.25) is 0 Å². The SMILES string of the molecule is Cc1ccc2oc(C(C)CCCN)nc2n1. The van der Waals surface area contributed by atoms with Crippen molar-refractivity contribution >= 4 is 11.2 Å². The van der Waals surface area contributed by atoms with E-state index in [-0.39, 0.29) is 0 Å². The highest BCUT2D eigenvalue weighted by molar-refractivity contribution is 5.67. The molecule has 2 N–H and O–H groups in total. The maximum absolute atomic E-state index is 5.67. The van der Waals surface area contributed by atoms with Crippen LogP contribution in [0.5, 0.6) is 0 Å². The van der Waals surface area contributed by atoms with Crippen LogP contribution in [0.1, 0.15) is 37.3 Å². The molecule has 0 bridgehead atoms. The number of nitrogens with two attached hydrogens (primary N) is 1. The molecular formula is C12H17N3O. The predicted octanol–water partition coefficient (Wildman–Crippen LogP) is 2.37. The van der Waals surface area contributed by atoms with Crippen molar-refractivity contribution in [2.24, 2.45) is 5.73 Å². The summed E-state index contributed by atoms with van der Waals surface area (Å²) in [6.45, 7) is 4.76. The van der Waals surface area contributed by atoms with Gasteiger partial charge in [0.05, 0.1) is 0 Å². The highest BCUT2D eigenvalue weighted by Gasteiger charge is 2.13. The minimum absolute atomic E-state index is 0.304. The van der Waals surface area contributed by atoms with Gasteiger partial charge in [-0.25, -0.2) is 4.98 Å². The first-order valence-electron chi connectivity index (χ1n) is 5.65. The van der Waals surface area contributed by atoms with Gasteiger partial charge in [0, 0.05) is 11.6 Å². The Kier molecular flexibility index (Phi) is 3.19. The Hall–Kier alpha value is -1.42. The normalized spacial score (nSPS) is 13.2. The molecule has 0 saturated heterocycles. The first-order valence-corrected chi connectivity index (χ1v) is 5.65. The number of hydrogen-bond donors (Lipinski definition) is 1. The molecule has 0 fully saturated rings. The molecule has 86 valence electrons. The van der Waals surface area contributed by atoms with E-state index >= 15 is 0 Å². The van der Waals surface area contributed by atoms with E-state index in [0.29, 0.717) is 18.1 Å². The first-order chi connectivity index (χ1) is 7.70. The molecule has 1 unspecified atom stereocenters. The number of hydrogen-bond acceptors (Lipinski definition) is 4. The standard InChI is InChI=1S/C12H17N3O/c1-8(4-3-7-13)12-15-11-10(16-12)6-5-9(2)14-11/h5-6,8H,3-4,7,13H2,1-2H3. The van der Waals surface area contributed by atoms with E-state index in [1.54, 1.807) is 0 Å². The van der Waals surface area contributed by atoms with Gasteiger partial charge in [-0.2, -0.15) is 4.98 Å². The maximum atomic E-state index is 5.67. The molecule has 2 aromatic heterocycles. The zero-order valence-electron chi connectivity index (χ0n) is 9.73. The van der Waals surface area contributed by atoms with E-state index < -0.39 is 0 Å². The van der Waals surface area contributed by atoms with E-state index in [2.05, 4.69) is 16.9 Å². The molecule has 0 radical (unpaired) electrons. The van der Waals surface area contributed by atoms with Crippen molar-refractivity contribution in [2.45, 2.75) is 32.6 Å². The monoisotopic (exact) mass is 219 g/mol. The van der Waals surface area contributed by atoms with Crippen LogP contribution in [0.4, 0.5) is 0 Å². The highest BCUT2D eigenvalue weighted by atomic mass is 16.3. The van der Waals surface area contributed by atoms with Crippen LogP contribution in [-0.4, -0.2) is 16.5 Å². The summed E-state index contributed by atoms with van der Waals surface area (Å²) in [6, 6.07) is 3.85. The molecule has 0 aliphatic carbocycles. The zero-order chi connectivity index (χ0) is 11.5. The third kappa shape index (κ3) is 2.22. The van der Waals surface area contributed by atoms with Gasteiger partial charge < -0.3 is 10.2 Å². The lowest BCUT2D eigenvalue weighted by atomic mass is 10.1. The van der Waals surface area contributed by atoms with Crippen LogP contribution in [0.3, 0.4) is 0 Å². The highest BCUT2D eigenvalue weighted by Crippen LogP contribution is 2.23. The fourth-order valence-electron chi connectivity index (χ4n) is 1.69. The zero-order valence-corrected chi connectivity index (χ0v) is 9.73. The van der Waals surface area contributed by atoms with Gasteiger partial charge >= 0.3 is 0 Å². The molecule has 2 rings (SSSR count). The van der Waals surface area contributed by atoms with Crippen LogP contribution < -0.4 is 5.73 Å². The third-order valence-electron chi connectivity index (χ3n) is 2.67. The second-order valence-corrected chi connectivity index (χ2v) is 4.16. The van der Waals surface area contributed by atoms with Gasteiger partial charge in [0.2, 0.25) is 0 Å². The van der Waals surface area contributed by atoms with Crippen molar-refractivity contribution in [1.29, 1.82) is 0 Å². The minimum Gasteiger partial charge on any atom is -0.439 e. The average Bonchev–Trinajstić information content (AvgIpc) is 2.68. The topological polar surface area (TPSA) is 64.9 Å². The van der Waals surface area contributed by atoms with E-state index in [1.807, 2.05) is 19.1 Å². The summed E-state index contributed by atoms with van der Waals surface area (Å²) in [6.07, 6.45) is 1.99. The summed E-state index contributed by atoms with van der Waals surface area (Å²) >= 11 is 0. The predicted molar refractivity (Wildman–Crippen MR) is 63.2 cm³/mol. The fourth-order valence-corrected chi connectivity index (χ4v) is 1.69. The Labute approximate surface area is 94.9 Å². The van der Waals surface area contributed by atoms with Crippen molar-refractivity contribution in [3.05, 3.63) is 23.7 Å². The lowest BCUT2D eigenvalue weighted by Crippen LogP contribution is -2.02. The molecule has 4 nitrogen and oxygen atoms in total. The molecule has 4 heteroatoms. The molecule has 0 amide bonds. The lowest BCUT2D eigenvalue weighted by molar-refractivity contribution is 0.464. The van der Waals surface area contributed by atoms with Crippen LogP contribution in [0.25, 0.3) is 11.2 Å². The van der Waals surface area contributed by atoms with Crippen molar-refractivity contribution < 1.29 is 4.42 Å². The average molecular weight is 219 g/mol. The van der Waals surface area contributed by atoms with Crippen LogP contribution in [-0.2, 0) is 0 Å². The summed E-state index contributed by atoms with van der Waals surface area (Å²) < 4.78 is 5.67. The summed E-state index contributed by atoms with van der Waals surface area (Å²) in [7, 11) is 0. The van der Waals surface area contributed by atoms with E-state index in [0.717, 1.165) is 30.0 Å². The number of nitrogens with zero attached hydrogens (tertiary/aromatic N) is 2. The Bertz CT molecular complexity index is 478. The van der Waals surface area contributed by atoms with Crippen LogP contribution >= 0.6 is 0 Å². The summed E-state index contributed by atoms with van der Waals surface area (Å²) in [5.74, 6) is 1.07. The third-order valence-corrected chi connectivity index (χ3v) is 2.67. The molecule has 2 heterocycles. The summed E-state index contributed by atoms with van der Waals surface area (Å²) in [5, 5.41) is 0. The van der Waals surface area contributed by atoms with Gasteiger partial charge in [-0.05, 0) is 38.4 Å². The second kappa shape index (κ2) is 4.61. The van der Waals surface area contributed by atoms with E-state index in [9.17, 15) is 0 Å². The number of rotatable bonds is 4. The van der Waals surface area contributed by atoms with Crippen molar-refractivity contribution in [2.75, 3.05) is 6.54 Å². The minimum atomic E-state index is 0.304. The largest absolute Gasteiger partial charge is 0.439 e. The lowest BCUT2D eigenvalue weighted by Gasteiger charge is -2.04.